The Kier molecular flexibility index (Phi) is 10.7. The van der Waals surface area contributed by atoms with E-state index < -0.39 is 11.8 Å². The summed E-state index contributed by atoms with van der Waals surface area (Å²) in [5.74, 6) is 0. The topological polar surface area (TPSA) is 174 Å². The van der Waals surface area contributed by atoms with Crippen LogP contribution in [-0.2, 0) is 11.8 Å². The van der Waals surface area contributed by atoms with Crippen molar-refractivity contribution in [2.45, 2.75) is 12.8 Å². The molecule has 0 fully saturated rings. The molecule has 0 atom stereocenters. The predicted octanol–water partition coefficient (Wildman–Crippen LogP) is -0.303. The van der Waals surface area contributed by atoms with Crippen LogP contribution >= 0.6 is 0 Å². The molecule has 115 valence electrons. The zero-order valence-corrected chi connectivity index (χ0v) is 13.0. The second kappa shape index (κ2) is 10.6. The van der Waals surface area contributed by atoms with Crippen molar-refractivity contribution >= 4 is 0 Å². The average Bonchev–Trinajstić information content (AvgIpc) is 2.55. The Morgan fingerprint density at radius 3 is 1.19 bits per heavy atom. The van der Waals surface area contributed by atoms with Crippen molar-refractivity contribution in [1.82, 2.24) is 4.90 Å². The summed E-state index contributed by atoms with van der Waals surface area (Å²) in [6.45, 7) is 3.76. The van der Waals surface area contributed by atoms with Crippen molar-refractivity contribution in [2.75, 3.05) is 33.2 Å². The molecule has 0 aromatic rings. The monoisotopic (exact) mass is 331 g/mol. The summed E-state index contributed by atoms with van der Waals surface area (Å²) in [6.07, 6.45) is 2.17. The van der Waals surface area contributed by atoms with Crippen molar-refractivity contribution in [3.05, 3.63) is 0 Å². The number of rotatable bonds is 6. The number of nitrogens with zero attached hydrogens (tertiary/aromatic N) is 6. The van der Waals surface area contributed by atoms with Crippen molar-refractivity contribution in [3.63, 3.8) is 0 Å². The molecule has 21 heavy (non-hydrogen) atoms. The maximum absolute atomic E-state index is 8.35. The number of hydrogen-bond acceptors (Lipinski definition) is 8. The normalized spacial score (nSPS) is 11.1. The SMILES string of the molecule is CN(CCCN)CCCN.N#[C][Fe]([C]#N)([C]#N)([C]#N)[C]#N. The van der Waals surface area contributed by atoms with Crippen molar-refractivity contribution < 1.29 is 11.8 Å². The van der Waals surface area contributed by atoms with Crippen LogP contribution in [0, 0.1) is 51.1 Å². The van der Waals surface area contributed by atoms with Crippen LogP contribution in [-0.4, -0.2) is 38.1 Å². The van der Waals surface area contributed by atoms with E-state index in [4.69, 9.17) is 37.8 Å². The van der Waals surface area contributed by atoms with Gasteiger partial charge in [0.15, 0.2) is 0 Å². The van der Waals surface area contributed by atoms with Crippen molar-refractivity contribution in [3.8, 4) is 24.8 Å². The van der Waals surface area contributed by atoms with Crippen LogP contribution in [0.5, 0.6) is 0 Å². The Labute approximate surface area is 125 Å². The molecule has 0 heterocycles. The number of nitriles is 5. The third-order valence-corrected chi connectivity index (χ3v) is 4.75. The van der Waals surface area contributed by atoms with Gasteiger partial charge in [0.05, 0.1) is 0 Å². The van der Waals surface area contributed by atoms with Crippen LogP contribution < -0.4 is 11.5 Å². The maximum atomic E-state index is 8.35. The summed E-state index contributed by atoms with van der Waals surface area (Å²) < 4.78 is 0. The molecule has 0 amide bonds. The summed E-state index contributed by atoms with van der Waals surface area (Å²) in [5, 5.41) is 41.8. The van der Waals surface area contributed by atoms with Gasteiger partial charge in [-0.05, 0) is 46.1 Å². The molecule has 0 radical (unpaired) electrons. The molecule has 0 aromatic heterocycles. The Morgan fingerprint density at radius 2 is 1.05 bits per heavy atom. The van der Waals surface area contributed by atoms with E-state index in [0.29, 0.717) is 0 Å². The summed E-state index contributed by atoms with van der Waals surface area (Å²) in [4.78, 5) is 8.39. The molecule has 0 aromatic carbocycles. The molecule has 0 spiro atoms. The molecule has 0 saturated heterocycles. The van der Waals surface area contributed by atoms with E-state index in [1.165, 1.54) is 24.8 Å². The number of nitrogens with two attached hydrogens (primary N) is 2. The molecule has 0 saturated carbocycles. The molecule has 0 aliphatic carbocycles. The van der Waals surface area contributed by atoms with Gasteiger partial charge in [-0.25, -0.2) is 0 Å². The molecule has 0 aliphatic rings. The van der Waals surface area contributed by atoms with Crippen LogP contribution in [0.4, 0.5) is 0 Å². The molecule has 4 N–H and O–H groups in total. The van der Waals surface area contributed by atoms with Gasteiger partial charge in [0.2, 0.25) is 0 Å². The molecule has 0 bridgehead atoms. The third kappa shape index (κ3) is 6.71. The Bertz CT molecular complexity index is 417. The number of hydrogen-bond donors (Lipinski definition) is 2. The minimum atomic E-state index is -4.78. The quantitative estimate of drug-likeness (QED) is 0.623. The first-order chi connectivity index (χ1) is 9.92. The van der Waals surface area contributed by atoms with Crippen LogP contribution in [0.3, 0.4) is 0 Å². The first kappa shape index (κ1) is 21.2. The van der Waals surface area contributed by atoms with Crippen LogP contribution in [0.15, 0.2) is 0 Å². The fraction of sp³-hybridized carbons (Fsp3) is 0.583. The van der Waals surface area contributed by atoms with Gasteiger partial charge in [-0.3, -0.25) is 0 Å². The first-order valence-electron chi connectivity index (χ1n) is 5.90. The van der Waals surface area contributed by atoms with Crippen molar-refractivity contribution in [1.29, 1.82) is 26.3 Å². The van der Waals surface area contributed by atoms with E-state index in [2.05, 4.69) is 11.9 Å². The molecule has 8 nitrogen and oxygen atoms in total. The second-order valence-electron chi connectivity index (χ2n) is 3.87. The molecule has 9 heteroatoms. The van der Waals surface area contributed by atoms with E-state index in [9.17, 15) is 0 Å². The van der Waals surface area contributed by atoms with Crippen LogP contribution in [0.2, 0.25) is 0 Å². The standard InChI is InChI=1S/C7H19N3.5CN.Fe/c1-10(6-2-4-8)7-3-5-9;5*1-2;/h2-9H2,1H3;;;;;;. The van der Waals surface area contributed by atoms with E-state index in [0.717, 1.165) is 39.0 Å². The fourth-order valence-corrected chi connectivity index (χ4v) is 1.56. The van der Waals surface area contributed by atoms with Gasteiger partial charge < -0.3 is 16.4 Å². The molecular formula is C12H19FeN8. The summed E-state index contributed by atoms with van der Waals surface area (Å²) in [7, 11) is 2.10. The summed E-state index contributed by atoms with van der Waals surface area (Å²) in [6, 6.07) is 0. The van der Waals surface area contributed by atoms with Gasteiger partial charge in [-0.15, -0.1) is 0 Å². The zero-order valence-electron chi connectivity index (χ0n) is 11.9. The molecule has 0 rings (SSSR count). The average molecular weight is 331 g/mol. The van der Waals surface area contributed by atoms with E-state index in [1.54, 1.807) is 0 Å². The Hall–Kier alpha value is -2.15. The van der Waals surface area contributed by atoms with Gasteiger partial charge in [-0.2, -0.15) is 0 Å². The zero-order chi connectivity index (χ0) is 16.8. The Morgan fingerprint density at radius 1 is 0.762 bits per heavy atom. The van der Waals surface area contributed by atoms with Gasteiger partial charge in [-0.1, -0.05) is 0 Å². The summed E-state index contributed by atoms with van der Waals surface area (Å²) in [5.41, 5.74) is 10.7. The summed E-state index contributed by atoms with van der Waals surface area (Å²) >= 11 is -4.78. The van der Waals surface area contributed by atoms with Crippen molar-refractivity contribution in [2.24, 2.45) is 11.5 Å². The van der Waals surface area contributed by atoms with Crippen LogP contribution in [0.25, 0.3) is 0 Å². The fourth-order valence-electron chi connectivity index (χ4n) is 1.01. The van der Waals surface area contributed by atoms with E-state index in [1.807, 2.05) is 0 Å². The molecule has 0 unspecified atom stereocenters. The van der Waals surface area contributed by atoms with Gasteiger partial charge >= 0.3 is 62.9 Å². The first-order valence-corrected chi connectivity index (χ1v) is 8.66. The Balaban J connectivity index is 0. The molecular weight excluding hydrogens is 312 g/mol. The second-order valence-corrected chi connectivity index (χ2v) is 7.86. The van der Waals surface area contributed by atoms with Gasteiger partial charge in [0.1, 0.15) is 0 Å². The minimum absolute atomic E-state index is 0.785. The predicted molar refractivity (Wildman–Crippen MR) is 72.9 cm³/mol. The van der Waals surface area contributed by atoms with E-state index in [-0.39, 0.29) is 0 Å². The van der Waals surface area contributed by atoms with Gasteiger partial charge in [0.25, 0.3) is 0 Å². The third-order valence-electron chi connectivity index (χ3n) is 2.28. The van der Waals surface area contributed by atoms with E-state index >= 15 is 0 Å². The van der Waals surface area contributed by atoms with Gasteiger partial charge in [0, 0.05) is 0 Å². The molecule has 0 aliphatic heterocycles. The van der Waals surface area contributed by atoms with Crippen LogP contribution in [0.1, 0.15) is 12.8 Å².